The van der Waals surface area contributed by atoms with Crippen LogP contribution < -0.4 is 70.3 Å². The molecule has 0 aliphatic carbocycles. The number of methoxy groups -OCH3 is 2. The highest BCUT2D eigenvalue weighted by Crippen LogP contribution is 2.51. The molecule has 6 N–H and O–H groups in total. The van der Waals surface area contributed by atoms with Crippen LogP contribution in [0.3, 0.4) is 0 Å². The van der Waals surface area contributed by atoms with Gasteiger partial charge < -0.3 is 60.3 Å². The zero-order chi connectivity index (χ0) is 91.2. The molecule has 6 aliphatic heterocycles. The maximum absolute atomic E-state index is 13.6. The quantitative estimate of drug-likeness (QED) is 0.0293. The molecule has 0 bridgehead atoms. The number of likely N-dealkylation sites (tertiary alicyclic amines) is 2. The number of rotatable bonds is 26. The van der Waals surface area contributed by atoms with E-state index in [0.29, 0.717) is 185 Å². The first-order chi connectivity index (χ1) is 65.0. The molecule has 39 heteroatoms. The molecule has 0 unspecified atom stereocenters. The summed E-state index contributed by atoms with van der Waals surface area (Å²) in [5.74, 6) is 2.93. The summed E-state index contributed by atoms with van der Waals surface area (Å²) in [6.45, 7) is 11.2. The zero-order valence-electron chi connectivity index (χ0n) is 71.4. The van der Waals surface area contributed by atoms with Crippen LogP contribution in [0.2, 0.25) is 15.1 Å². The molecular formula is C94H83Cl3N18O12S6. The number of halogens is 3. The van der Waals surface area contributed by atoms with E-state index in [1.54, 1.807) is 109 Å². The van der Waals surface area contributed by atoms with Crippen molar-refractivity contribution in [2.24, 2.45) is 0 Å². The molecule has 9 aromatic heterocycles. The van der Waals surface area contributed by atoms with E-state index in [1.807, 2.05) is 107 Å². The third-order valence-corrected chi connectivity index (χ3v) is 29.6. The minimum atomic E-state index is -0.479. The molecule has 9 amide bonds. The average Bonchev–Trinajstić information content (AvgIpc) is 1.61. The lowest BCUT2D eigenvalue weighted by Crippen LogP contribution is -2.35. The molecule has 3 saturated heterocycles. The second-order valence-electron chi connectivity index (χ2n) is 31.5. The number of nitrogens with one attached hydrogen (secondary N) is 6. The molecule has 6 aliphatic rings. The average molecular weight is 1960 g/mol. The fraction of sp³-hybridized carbons (Fsp3) is 0.234. The zero-order valence-corrected chi connectivity index (χ0v) is 78.6. The fourth-order valence-corrected chi connectivity index (χ4v) is 21.9. The van der Waals surface area contributed by atoms with E-state index in [9.17, 15) is 28.8 Å². The molecular weight excluding hydrogens is 1870 g/mol. The van der Waals surface area contributed by atoms with Gasteiger partial charge in [0, 0.05) is 87.7 Å². The minimum Gasteiger partial charge on any atom is -0.496 e. The summed E-state index contributed by atoms with van der Waals surface area (Å²) in [5.41, 5.74) is 7.79. The lowest BCUT2D eigenvalue weighted by Gasteiger charge is -2.27. The van der Waals surface area contributed by atoms with Crippen molar-refractivity contribution in [1.29, 1.82) is 0 Å². The van der Waals surface area contributed by atoms with Crippen molar-refractivity contribution in [1.82, 2.24) is 44.6 Å². The summed E-state index contributed by atoms with van der Waals surface area (Å²) in [6.07, 6.45) is 11.7. The second kappa shape index (κ2) is 40.5. The highest BCUT2D eigenvalue weighted by molar-refractivity contribution is 7.22. The summed E-state index contributed by atoms with van der Waals surface area (Å²) in [6, 6.07) is 45.1. The molecule has 0 atom stereocenters. The molecule has 15 aromatic rings. The molecule has 678 valence electrons. The molecule has 0 spiro atoms. The number of ether oxygens (including phenoxy) is 6. The van der Waals surface area contributed by atoms with Gasteiger partial charge in [-0.05, 0) is 171 Å². The van der Waals surface area contributed by atoms with Gasteiger partial charge in [0.15, 0.2) is 17.5 Å². The predicted octanol–water partition coefficient (Wildman–Crippen LogP) is 22.6. The van der Waals surface area contributed by atoms with Crippen LogP contribution in [0.1, 0.15) is 98.9 Å². The van der Waals surface area contributed by atoms with Crippen molar-refractivity contribution < 1.29 is 57.2 Å². The lowest BCUT2D eigenvalue weighted by atomic mass is 10.1. The molecule has 0 radical (unpaired) electrons. The van der Waals surface area contributed by atoms with Crippen LogP contribution >= 0.6 is 103 Å². The normalized spacial score (nSPS) is 14.9. The Bertz CT molecular complexity index is 6600. The molecule has 15 heterocycles. The van der Waals surface area contributed by atoms with Gasteiger partial charge in [0.25, 0.3) is 17.7 Å². The highest BCUT2D eigenvalue weighted by Gasteiger charge is 2.39. The highest BCUT2D eigenvalue weighted by atomic mass is 35.5. The van der Waals surface area contributed by atoms with E-state index in [4.69, 9.17) is 63.2 Å². The van der Waals surface area contributed by atoms with Gasteiger partial charge in [-0.15, -0.1) is 68.0 Å². The summed E-state index contributed by atoms with van der Waals surface area (Å²) >= 11 is 28.1. The Labute approximate surface area is 801 Å². The Balaban J connectivity index is 0.000000129. The van der Waals surface area contributed by atoms with E-state index >= 15 is 0 Å². The van der Waals surface area contributed by atoms with Crippen LogP contribution in [0.25, 0.3) is 30.6 Å². The minimum absolute atomic E-state index is 0.312. The van der Waals surface area contributed by atoms with Crippen molar-refractivity contribution in [2.75, 3.05) is 113 Å². The van der Waals surface area contributed by atoms with Crippen LogP contribution in [-0.4, -0.2) is 147 Å². The van der Waals surface area contributed by atoms with E-state index in [-0.39, 0.29) is 17.7 Å². The Kier molecular flexibility index (Phi) is 27.3. The maximum atomic E-state index is 13.6. The summed E-state index contributed by atoms with van der Waals surface area (Å²) in [7, 11) is 3.25. The smallest absolute Gasteiger partial charge is 0.332 e. The largest absolute Gasteiger partial charge is 0.496 e. The Hall–Kier alpha value is -12.5. The van der Waals surface area contributed by atoms with Crippen molar-refractivity contribution in [2.45, 2.75) is 78.0 Å². The van der Waals surface area contributed by atoms with Crippen molar-refractivity contribution in [3.63, 3.8) is 0 Å². The molecule has 133 heavy (non-hydrogen) atoms. The molecule has 30 nitrogen and oxygen atoms in total. The number of anilines is 12. The Morgan fingerprint density at radius 1 is 0.398 bits per heavy atom. The van der Waals surface area contributed by atoms with Crippen molar-refractivity contribution in [3.05, 3.63) is 248 Å². The van der Waals surface area contributed by atoms with Gasteiger partial charge in [-0.3, -0.25) is 29.1 Å². The number of aromatic nitrogens is 6. The van der Waals surface area contributed by atoms with Gasteiger partial charge in [0.2, 0.25) is 0 Å². The molecule has 6 aromatic carbocycles. The second-order valence-corrected chi connectivity index (χ2v) is 38.8. The number of benzene rings is 6. The predicted molar refractivity (Wildman–Crippen MR) is 527 cm³/mol. The van der Waals surface area contributed by atoms with Crippen molar-refractivity contribution >= 4 is 238 Å². The first kappa shape index (κ1) is 89.7. The van der Waals surface area contributed by atoms with Crippen LogP contribution in [-0.2, 0) is 44.2 Å². The fourth-order valence-electron chi connectivity index (χ4n) is 16.4. The number of thiophene rings is 6. The lowest BCUT2D eigenvalue weighted by molar-refractivity contribution is 0.0339. The van der Waals surface area contributed by atoms with Crippen LogP contribution in [0.5, 0.6) is 28.7 Å². The standard InChI is InChI=1S/C32H29ClN6O4S2.C31H27ClN6O5S2.C31H27ClN6O3S2/c1-42-25-14-20(8-7-19(25)16-38-11-3-2-4-12-38)36-30(40)28-27-26-29(34-18-35-31(26)45-28)39(32(41)37-27)21-9-10-24(23(33)15-21)43-17-22-6-5-13-44-22;1-41-24-13-19(5-4-18(24)15-37-8-10-42-11-9-37)35-29(39)27-26-25-28(33-17-34-30(25)45-27)38(31(40)36-26)20-6-7-23(22(32)14-20)43-16-21-3-2-12-44-21;32-23-15-21(10-11-24(23)41-17-22-5-4-14-42-22)38-28-25-26(36-31(38)40)27(43-30(25)34-18-33-28)29(39)35-20-8-6-19(7-9-20)16-37-12-2-1-3-13-37/h5-10,13-15,18H,2-4,11-12,16-17H2,1H3,(H,36,40)(H,37,41);2-7,12-14,17H,8-11,15-16H2,1H3,(H,35,39)(H,36,40);4-11,14-15,18H,1-3,12-13,16-17H2,(H,35,39)(H,36,40). The number of morpholine rings is 1. The third kappa shape index (κ3) is 19.8. The van der Waals surface area contributed by atoms with E-state index < -0.39 is 18.1 Å². The van der Waals surface area contributed by atoms with E-state index in [2.05, 4.69) is 76.5 Å². The number of piperidine rings is 2. The first-order valence-corrected chi connectivity index (χ1v) is 48.8. The van der Waals surface area contributed by atoms with Gasteiger partial charge >= 0.3 is 18.1 Å². The van der Waals surface area contributed by atoms with E-state index in [1.165, 1.54) is 112 Å². The number of nitrogens with zero attached hydrogens (tertiary/aromatic N) is 12. The molecule has 3 fully saturated rings. The maximum Gasteiger partial charge on any atom is 0.332 e. The summed E-state index contributed by atoms with van der Waals surface area (Å²) < 4.78 is 34.4. The van der Waals surface area contributed by atoms with Gasteiger partial charge in [-0.2, -0.15) is 0 Å². The van der Waals surface area contributed by atoms with Crippen LogP contribution in [0.4, 0.5) is 83.0 Å². The molecule has 21 rings (SSSR count). The number of hydrogen-bond donors (Lipinski definition) is 6. The number of carbonyl (C=O) groups is 6. The number of amides is 9. The first-order valence-electron chi connectivity index (χ1n) is 42.6. The number of hydrogen-bond acceptors (Lipinski definition) is 27. The third-order valence-electron chi connectivity index (χ3n) is 22.8. The summed E-state index contributed by atoms with van der Waals surface area (Å²) in [5, 5.41) is 26.4. The van der Waals surface area contributed by atoms with Crippen molar-refractivity contribution in [3.8, 4) is 28.7 Å². The van der Waals surface area contributed by atoms with Gasteiger partial charge in [0.05, 0.1) is 92.8 Å². The number of urea groups is 3. The molecule has 0 saturated carbocycles. The van der Waals surface area contributed by atoms with Crippen LogP contribution in [0, 0.1) is 0 Å². The van der Waals surface area contributed by atoms with Gasteiger partial charge in [-0.1, -0.05) is 90.1 Å². The van der Waals surface area contributed by atoms with Gasteiger partial charge in [-0.25, -0.2) is 59.0 Å². The topological polar surface area (TPSA) is 327 Å². The Morgan fingerprint density at radius 3 is 1.09 bits per heavy atom. The van der Waals surface area contributed by atoms with Crippen LogP contribution in [0.15, 0.2) is 187 Å². The number of carbonyl (C=O) groups excluding carboxylic acids is 6. The monoisotopic (exact) mass is 1950 g/mol. The van der Waals surface area contributed by atoms with Gasteiger partial charge in [0.1, 0.15) is 96.7 Å². The van der Waals surface area contributed by atoms with E-state index in [0.717, 1.165) is 90.4 Å². The SMILES string of the molecule is COc1cc(NC(=O)c2sc3ncnc4c3c2NC(=O)N4c2ccc(OCc3cccs3)c(Cl)c2)ccc1CN1CCCCC1.COc1cc(NC(=O)c2sc3ncnc4c3c2NC(=O)N4c2ccc(OCc3cccs3)c(Cl)c2)ccc1CN1CCOCC1.O=C(Nc1ccc(CN2CCCCC2)cc1)c1sc2ncnc3c2c1NC(=O)N3c1ccc(OCc2cccs2)c(Cl)c1. The Morgan fingerprint density at radius 2 is 0.744 bits per heavy atom. The summed E-state index contributed by atoms with van der Waals surface area (Å²) in [4.78, 5) is 125.